The maximum absolute atomic E-state index is 12.8. The van der Waals surface area contributed by atoms with Gasteiger partial charge in [0.25, 0.3) is 5.91 Å². The van der Waals surface area contributed by atoms with Crippen LogP contribution in [0.4, 0.5) is 0 Å². The molecule has 1 aromatic carbocycles. The average Bonchev–Trinajstić information content (AvgIpc) is 3.23. The zero-order chi connectivity index (χ0) is 43.5. The molecular weight excluding hydrogens is 785 g/mol. The lowest BCUT2D eigenvalue weighted by Crippen LogP contribution is -2.31. The standard InChI is InChI=1S/C47H78NO11P/c1-3-5-7-9-11-13-15-17-19-21-23-25-27-33-44(49)55-38-41(58-45(50)34-28-26-24-22-20-18-16-14-12-10-8-6-4-2)39-57-60(53,54)56-36-35-48-46(51)42-37-40-31-29-30-32-43(40)59-47(42)52/h29-32,37,41H,3-28,33-36,38-39H2,1-2H3,(H,48,51)(H,53,54)/t41-/m0/s1. The third kappa shape index (κ3) is 27.0. The van der Waals surface area contributed by atoms with Crippen LogP contribution in [0.15, 0.2) is 39.5 Å². The number of hydrogen-bond donors (Lipinski definition) is 2. The maximum Gasteiger partial charge on any atom is 0.472 e. The number of fused-ring (bicyclic) bond motifs is 1. The quantitative estimate of drug-likeness (QED) is 0.0284. The SMILES string of the molecule is CCCCCCCCCCCCCCCC(=O)OC[C@@H](COP(=O)(O)OCCNC(=O)c1cc2ccccc2oc1=O)OC(=O)CCCCCCCCCCCCCCC. The summed E-state index contributed by atoms with van der Waals surface area (Å²) >= 11 is 0. The summed E-state index contributed by atoms with van der Waals surface area (Å²) in [5.41, 5.74) is -0.693. The third-order valence-electron chi connectivity index (χ3n) is 10.6. The van der Waals surface area contributed by atoms with E-state index in [4.69, 9.17) is 22.9 Å². The molecule has 2 N–H and O–H groups in total. The normalized spacial score (nSPS) is 12.9. The van der Waals surface area contributed by atoms with E-state index >= 15 is 0 Å². The van der Waals surface area contributed by atoms with Gasteiger partial charge >= 0.3 is 25.4 Å². The van der Waals surface area contributed by atoms with Crippen LogP contribution in [0.1, 0.15) is 204 Å². The Bertz CT molecular complexity index is 1550. The van der Waals surface area contributed by atoms with Crippen molar-refractivity contribution in [1.82, 2.24) is 5.32 Å². The minimum absolute atomic E-state index is 0.170. The summed E-state index contributed by atoms with van der Waals surface area (Å²) in [5, 5.41) is 3.02. The molecule has 12 nitrogen and oxygen atoms in total. The highest BCUT2D eigenvalue weighted by Crippen LogP contribution is 2.43. The number of carbonyl (C=O) groups excluding carboxylic acids is 3. The Labute approximate surface area is 360 Å². The molecule has 342 valence electrons. The Hall–Kier alpha value is -3.05. The molecule has 1 heterocycles. The summed E-state index contributed by atoms with van der Waals surface area (Å²) in [7, 11) is -4.67. The van der Waals surface area contributed by atoms with Gasteiger partial charge in [0, 0.05) is 24.8 Å². The first-order valence-corrected chi connectivity index (χ1v) is 24.9. The molecule has 1 aromatic heterocycles. The van der Waals surface area contributed by atoms with E-state index in [1.165, 1.54) is 122 Å². The Morgan fingerprint density at radius 2 is 1.12 bits per heavy atom. The summed E-state index contributed by atoms with van der Waals surface area (Å²) in [4.78, 5) is 60.5. The van der Waals surface area contributed by atoms with Crippen LogP contribution in [-0.2, 0) is 32.7 Å². The van der Waals surface area contributed by atoms with Crippen molar-refractivity contribution in [3.8, 4) is 0 Å². The zero-order valence-electron chi connectivity index (χ0n) is 37.1. The van der Waals surface area contributed by atoms with Crippen LogP contribution < -0.4 is 10.9 Å². The molecule has 1 unspecified atom stereocenters. The van der Waals surface area contributed by atoms with E-state index in [1.807, 2.05) is 0 Å². The number of nitrogens with one attached hydrogen (secondary N) is 1. The predicted molar refractivity (Wildman–Crippen MR) is 238 cm³/mol. The van der Waals surface area contributed by atoms with Crippen molar-refractivity contribution in [2.24, 2.45) is 0 Å². The van der Waals surface area contributed by atoms with E-state index in [1.54, 1.807) is 24.3 Å². The molecule has 2 aromatic rings. The van der Waals surface area contributed by atoms with Gasteiger partial charge in [0.15, 0.2) is 6.10 Å². The van der Waals surface area contributed by atoms with E-state index in [0.29, 0.717) is 23.8 Å². The van der Waals surface area contributed by atoms with Gasteiger partial charge in [-0.25, -0.2) is 9.36 Å². The van der Waals surface area contributed by atoms with Crippen LogP contribution in [0.5, 0.6) is 0 Å². The van der Waals surface area contributed by atoms with Gasteiger partial charge in [-0.15, -0.1) is 0 Å². The molecule has 0 spiro atoms. The number of carbonyl (C=O) groups is 3. The number of esters is 2. The maximum atomic E-state index is 12.8. The predicted octanol–water partition coefficient (Wildman–Crippen LogP) is 12.1. The number of ether oxygens (including phenoxy) is 2. The van der Waals surface area contributed by atoms with Crippen LogP contribution in [-0.4, -0.2) is 55.2 Å². The lowest BCUT2D eigenvalue weighted by Gasteiger charge is -2.20. The summed E-state index contributed by atoms with van der Waals surface area (Å²) < 4.78 is 39.0. The number of unbranched alkanes of at least 4 members (excludes halogenated alkanes) is 24. The fourth-order valence-electron chi connectivity index (χ4n) is 7.05. The highest BCUT2D eigenvalue weighted by Gasteiger charge is 2.26. The lowest BCUT2D eigenvalue weighted by atomic mass is 10.0. The van der Waals surface area contributed by atoms with Crippen LogP contribution in [0, 0.1) is 0 Å². The fraction of sp³-hybridized carbons (Fsp3) is 0.745. The van der Waals surface area contributed by atoms with Crippen molar-refractivity contribution in [2.45, 2.75) is 200 Å². The zero-order valence-corrected chi connectivity index (χ0v) is 38.0. The van der Waals surface area contributed by atoms with E-state index in [-0.39, 0.29) is 31.6 Å². The van der Waals surface area contributed by atoms with Gasteiger partial charge in [-0.05, 0) is 25.0 Å². The van der Waals surface area contributed by atoms with Crippen molar-refractivity contribution in [2.75, 3.05) is 26.4 Å². The smallest absolute Gasteiger partial charge is 0.462 e. The van der Waals surface area contributed by atoms with Crippen LogP contribution in [0.2, 0.25) is 0 Å². The highest BCUT2D eigenvalue weighted by molar-refractivity contribution is 7.47. The summed E-state index contributed by atoms with van der Waals surface area (Å²) in [6, 6.07) is 8.17. The molecular formula is C47H78NO11P. The number of phosphoric acid groups is 1. The van der Waals surface area contributed by atoms with E-state index in [0.717, 1.165) is 38.5 Å². The van der Waals surface area contributed by atoms with Gasteiger partial charge in [0.1, 0.15) is 17.8 Å². The minimum atomic E-state index is -4.67. The Morgan fingerprint density at radius 1 is 0.650 bits per heavy atom. The molecule has 0 saturated heterocycles. The summed E-state index contributed by atoms with van der Waals surface area (Å²) in [5.74, 6) is -1.67. The van der Waals surface area contributed by atoms with Gasteiger partial charge in [0.05, 0.1) is 13.2 Å². The molecule has 1 amide bonds. The Morgan fingerprint density at radius 3 is 1.63 bits per heavy atom. The number of benzene rings is 1. The summed E-state index contributed by atoms with van der Waals surface area (Å²) in [6.45, 7) is 2.96. The minimum Gasteiger partial charge on any atom is -0.462 e. The average molecular weight is 864 g/mol. The van der Waals surface area contributed by atoms with Gasteiger partial charge < -0.3 is 24.1 Å². The highest BCUT2D eigenvalue weighted by atomic mass is 31.2. The number of rotatable bonds is 39. The van der Waals surface area contributed by atoms with Gasteiger partial charge in [-0.3, -0.25) is 23.4 Å². The van der Waals surface area contributed by atoms with Crippen molar-refractivity contribution >= 4 is 36.6 Å². The first kappa shape index (κ1) is 53.1. The van der Waals surface area contributed by atoms with Gasteiger partial charge in [0.2, 0.25) is 0 Å². The van der Waals surface area contributed by atoms with E-state index in [9.17, 15) is 28.6 Å². The molecule has 0 fully saturated rings. The van der Waals surface area contributed by atoms with Crippen LogP contribution in [0.25, 0.3) is 11.0 Å². The largest absolute Gasteiger partial charge is 0.472 e. The third-order valence-corrected chi connectivity index (χ3v) is 11.6. The number of para-hydroxylation sites is 1. The lowest BCUT2D eigenvalue weighted by molar-refractivity contribution is -0.161. The molecule has 0 aliphatic carbocycles. The van der Waals surface area contributed by atoms with Crippen molar-refractivity contribution in [3.05, 3.63) is 46.3 Å². The van der Waals surface area contributed by atoms with E-state index < -0.39 is 50.6 Å². The first-order chi connectivity index (χ1) is 29.1. The van der Waals surface area contributed by atoms with Crippen LogP contribution in [0.3, 0.4) is 0 Å². The first-order valence-electron chi connectivity index (χ1n) is 23.4. The monoisotopic (exact) mass is 864 g/mol. The molecule has 60 heavy (non-hydrogen) atoms. The molecule has 13 heteroatoms. The van der Waals surface area contributed by atoms with E-state index in [2.05, 4.69) is 19.2 Å². The Balaban J connectivity index is 1.72. The fourth-order valence-corrected chi connectivity index (χ4v) is 7.80. The molecule has 0 saturated carbocycles. The second kappa shape index (κ2) is 34.5. The molecule has 2 atom stereocenters. The molecule has 0 bridgehead atoms. The van der Waals surface area contributed by atoms with Crippen molar-refractivity contribution < 1.29 is 46.8 Å². The Kier molecular flexibility index (Phi) is 30.5. The molecule has 0 aliphatic heterocycles. The molecule has 2 rings (SSSR count). The topological polar surface area (TPSA) is 168 Å². The number of hydrogen-bond acceptors (Lipinski definition) is 10. The van der Waals surface area contributed by atoms with Crippen LogP contribution >= 0.6 is 7.82 Å². The van der Waals surface area contributed by atoms with Gasteiger partial charge in [-0.1, -0.05) is 186 Å². The molecule has 0 aliphatic rings. The van der Waals surface area contributed by atoms with Crippen molar-refractivity contribution in [1.29, 1.82) is 0 Å². The second-order valence-electron chi connectivity index (χ2n) is 16.1. The summed E-state index contributed by atoms with van der Waals surface area (Å²) in [6.07, 6.45) is 30.1. The van der Waals surface area contributed by atoms with Crippen molar-refractivity contribution in [3.63, 3.8) is 0 Å². The number of amides is 1. The molecule has 0 radical (unpaired) electrons. The number of phosphoric ester groups is 1. The second-order valence-corrected chi connectivity index (χ2v) is 17.6. The van der Waals surface area contributed by atoms with Gasteiger partial charge in [-0.2, -0.15) is 0 Å².